The van der Waals surface area contributed by atoms with Crippen molar-refractivity contribution >= 4 is 33.3 Å². The van der Waals surface area contributed by atoms with Gasteiger partial charge in [-0.15, -0.1) is 11.3 Å². The number of hydrogen-bond donors (Lipinski definition) is 1. The molecule has 0 radical (unpaired) electrons. The van der Waals surface area contributed by atoms with Crippen molar-refractivity contribution in [2.45, 2.75) is 47.7 Å². The van der Waals surface area contributed by atoms with E-state index in [0.29, 0.717) is 5.25 Å². The number of aromatic nitrogens is 1. The Bertz CT molecular complexity index is 624. The molecule has 1 aliphatic carbocycles. The van der Waals surface area contributed by atoms with Crippen LogP contribution >= 0.6 is 23.1 Å². The van der Waals surface area contributed by atoms with Gasteiger partial charge >= 0.3 is 0 Å². The maximum Gasteiger partial charge on any atom is 0.151 e. The molecule has 110 valence electrons. The fourth-order valence-electron chi connectivity index (χ4n) is 3.01. The summed E-state index contributed by atoms with van der Waals surface area (Å²) >= 11 is 3.61. The summed E-state index contributed by atoms with van der Waals surface area (Å²) in [5, 5.41) is 13.4. The Morgan fingerprint density at radius 2 is 2.38 bits per heavy atom. The predicted molar refractivity (Wildman–Crippen MR) is 89.8 cm³/mol. The molecule has 21 heavy (non-hydrogen) atoms. The van der Waals surface area contributed by atoms with E-state index in [9.17, 15) is 5.26 Å². The molecule has 2 unspecified atom stereocenters. The average molecular weight is 317 g/mol. The zero-order valence-corrected chi connectivity index (χ0v) is 13.8. The molecule has 0 amide bonds. The van der Waals surface area contributed by atoms with E-state index in [4.69, 9.17) is 4.98 Å². The minimum absolute atomic E-state index is 0.332. The standard InChI is InChI=1S/C16H19N3S2/c1-2-18-16(11-17)9-5-6-12(10-16)20-15-19-13-7-3-4-8-14(13)21-15/h3-4,7-8,12,18H,2,5-6,9-10H2,1H3. The number of benzene rings is 1. The topological polar surface area (TPSA) is 48.7 Å². The van der Waals surface area contributed by atoms with Crippen molar-refractivity contribution < 1.29 is 0 Å². The van der Waals surface area contributed by atoms with E-state index in [1.54, 1.807) is 11.3 Å². The maximum absolute atomic E-state index is 9.54. The monoisotopic (exact) mass is 317 g/mol. The Labute approximate surface area is 133 Å². The first-order chi connectivity index (χ1) is 10.2. The number of nitrogens with one attached hydrogen (secondary N) is 1. The lowest BCUT2D eigenvalue weighted by Crippen LogP contribution is -2.48. The fraction of sp³-hybridized carbons (Fsp3) is 0.500. The van der Waals surface area contributed by atoms with Crippen LogP contribution in [0.3, 0.4) is 0 Å². The Balaban J connectivity index is 1.73. The molecule has 3 nitrogen and oxygen atoms in total. The Hall–Kier alpha value is -1.09. The van der Waals surface area contributed by atoms with Crippen molar-refractivity contribution in [3.63, 3.8) is 0 Å². The van der Waals surface area contributed by atoms with Crippen molar-refractivity contribution in [3.05, 3.63) is 24.3 Å². The Morgan fingerprint density at radius 1 is 1.52 bits per heavy atom. The van der Waals surface area contributed by atoms with Crippen molar-refractivity contribution in [2.24, 2.45) is 0 Å². The summed E-state index contributed by atoms with van der Waals surface area (Å²) in [7, 11) is 0. The third-order valence-corrected chi connectivity index (χ3v) is 6.38. The molecule has 1 aliphatic rings. The zero-order valence-electron chi connectivity index (χ0n) is 12.1. The molecule has 2 aromatic rings. The molecule has 5 heteroatoms. The van der Waals surface area contributed by atoms with E-state index < -0.39 is 0 Å². The first-order valence-electron chi connectivity index (χ1n) is 7.43. The highest BCUT2D eigenvalue weighted by atomic mass is 32.2. The van der Waals surface area contributed by atoms with Crippen LogP contribution in [0, 0.1) is 11.3 Å². The maximum atomic E-state index is 9.54. The minimum atomic E-state index is -0.332. The zero-order chi connectivity index (χ0) is 14.7. The second-order valence-corrected chi connectivity index (χ2v) is 8.09. The lowest BCUT2D eigenvalue weighted by molar-refractivity contribution is 0.309. The van der Waals surface area contributed by atoms with Crippen LogP contribution in [0.2, 0.25) is 0 Å². The van der Waals surface area contributed by atoms with Gasteiger partial charge in [0.1, 0.15) is 5.54 Å². The van der Waals surface area contributed by atoms with E-state index in [-0.39, 0.29) is 5.54 Å². The van der Waals surface area contributed by atoms with Gasteiger partial charge in [0.15, 0.2) is 4.34 Å². The van der Waals surface area contributed by atoms with Crippen LogP contribution in [-0.4, -0.2) is 22.3 Å². The largest absolute Gasteiger partial charge is 0.300 e. The second kappa shape index (κ2) is 6.35. The molecular weight excluding hydrogens is 298 g/mol. The summed E-state index contributed by atoms with van der Waals surface area (Å²) in [6, 6.07) is 10.8. The summed E-state index contributed by atoms with van der Waals surface area (Å²) in [4.78, 5) is 4.70. The summed E-state index contributed by atoms with van der Waals surface area (Å²) < 4.78 is 2.38. The number of fused-ring (bicyclic) bond motifs is 1. The van der Waals surface area contributed by atoms with E-state index in [1.807, 2.05) is 17.8 Å². The van der Waals surface area contributed by atoms with Crippen molar-refractivity contribution in [1.82, 2.24) is 10.3 Å². The number of nitriles is 1. The number of thiazole rings is 1. The fourth-order valence-corrected chi connectivity index (χ4v) is 5.66. The average Bonchev–Trinajstić information content (AvgIpc) is 2.90. The van der Waals surface area contributed by atoms with Gasteiger partial charge in [-0.2, -0.15) is 5.26 Å². The Morgan fingerprint density at radius 3 is 3.14 bits per heavy atom. The van der Waals surface area contributed by atoms with Gasteiger partial charge in [0.2, 0.25) is 0 Å². The summed E-state index contributed by atoms with van der Waals surface area (Å²) in [5.41, 5.74) is 0.750. The molecule has 1 fully saturated rings. The van der Waals surface area contributed by atoms with Crippen LogP contribution in [0.4, 0.5) is 0 Å². The summed E-state index contributed by atoms with van der Waals surface area (Å²) in [5.74, 6) is 0. The first-order valence-corrected chi connectivity index (χ1v) is 9.13. The smallest absolute Gasteiger partial charge is 0.151 e. The van der Waals surface area contributed by atoms with Crippen LogP contribution in [0.5, 0.6) is 0 Å². The van der Waals surface area contributed by atoms with Gasteiger partial charge in [-0.3, -0.25) is 5.32 Å². The van der Waals surface area contributed by atoms with Gasteiger partial charge in [0.25, 0.3) is 0 Å². The minimum Gasteiger partial charge on any atom is -0.300 e. The molecule has 0 spiro atoms. The third-order valence-electron chi connectivity index (χ3n) is 3.98. The molecule has 0 aliphatic heterocycles. The van der Waals surface area contributed by atoms with E-state index in [2.05, 4.69) is 36.5 Å². The highest BCUT2D eigenvalue weighted by Gasteiger charge is 2.36. The van der Waals surface area contributed by atoms with Crippen molar-refractivity contribution in [3.8, 4) is 6.07 Å². The number of hydrogen-bond acceptors (Lipinski definition) is 5. The van der Waals surface area contributed by atoms with E-state index in [0.717, 1.165) is 35.7 Å². The summed E-state index contributed by atoms with van der Waals surface area (Å²) in [6.07, 6.45) is 4.17. The Kier molecular flexibility index (Phi) is 4.48. The number of nitrogens with zero attached hydrogens (tertiary/aromatic N) is 2. The first kappa shape index (κ1) is 14.8. The number of thioether (sulfide) groups is 1. The molecular formula is C16H19N3S2. The SMILES string of the molecule is CCNC1(C#N)CCCC(Sc2nc3ccccc3s2)C1. The number of para-hydroxylation sites is 1. The molecule has 1 N–H and O–H groups in total. The van der Waals surface area contributed by atoms with Crippen LogP contribution in [0.25, 0.3) is 10.2 Å². The lowest BCUT2D eigenvalue weighted by atomic mass is 9.82. The number of rotatable bonds is 4. The predicted octanol–water partition coefficient (Wildman–Crippen LogP) is 4.20. The van der Waals surface area contributed by atoms with Gasteiger partial charge < -0.3 is 0 Å². The van der Waals surface area contributed by atoms with E-state index in [1.165, 1.54) is 11.1 Å². The normalized spacial score (nSPS) is 25.8. The van der Waals surface area contributed by atoms with Gasteiger partial charge in [-0.05, 0) is 44.4 Å². The molecule has 1 saturated carbocycles. The molecule has 1 heterocycles. The summed E-state index contributed by atoms with van der Waals surface area (Å²) in [6.45, 7) is 2.93. The third kappa shape index (κ3) is 3.23. The molecule has 1 aromatic carbocycles. The molecule has 3 rings (SSSR count). The van der Waals surface area contributed by atoms with Crippen LogP contribution < -0.4 is 5.32 Å². The van der Waals surface area contributed by atoms with Crippen molar-refractivity contribution in [1.29, 1.82) is 5.26 Å². The molecule has 1 aromatic heterocycles. The quantitative estimate of drug-likeness (QED) is 0.918. The molecule has 0 bridgehead atoms. The van der Waals surface area contributed by atoms with Crippen LogP contribution in [0.15, 0.2) is 28.6 Å². The van der Waals surface area contributed by atoms with Gasteiger partial charge in [-0.1, -0.05) is 30.8 Å². The molecule has 2 atom stereocenters. The van der Waals surface area contributed by atoms with Gasteiger partial charge in [-0.25, -0.2) is 4.98 Å². The van der Waals surface area contributed by atoms with Gasteiger partial charge in [0.05, 0.1) is 16.3 Å². The highest BCUT2D eigenvalue weighted by Crippen LogP contribution is 2.40. The molecule has 0 saturated heterocycles. The van der Waals surface area contributed by atoms with Crippen LogP contribution in [-0.2, 0) is 0 Å². The second-order valence-electron chi connectivity index (χ2n) is 5.51. The lowest BCUT2D eigenvalue weighted by Gasteiger charge is -2.35. The van der Waals surface area contributed by atoms with Gasteiger partial charge in [0, 0.05) is 5.25 Å². The van der Waals surface area contributed by atoms with E-state index >= 15 is 0 Å². The van der Waals surface area contributed by atoms with Crippen molar-refractivity contribution in [2.75, 3.05) is 6.54 Å². The van der Waals surface area contributed by atoms with Crippen LogP contribution in [0.1, 0.15) is 32.6 Å². The highest BCUT2D eigenvalue weighted by molar-refractivity contribution is 8.01.